The average Bonchev–Trinajstić information content (AvgIpc) is 3.39. The van der Waals surface area contributed by atoms with Crippen molar-refractivity contribution in [3.05, 3.63) is 47.6 Å². The normalized spacial score (nSPS) is 37.5. The van der Waals surface area contributed by atoms with Crippen LogP contribution in [0.2, 0.25) is 0 Å². The number of methoxy groups -OCH3 is 1. The number of ketones is 1. The van der Waals surface area contributed by atoms with Crippen LogP contribution in [0.25, 0.3) is 0 Å². The maximum absolute atomic E-state index is 13.1. The van der Waals surface area contributed by atoms with Crippen molar-refractivity contribution in [2.75, 3.05) is 7.11 Å². The summed E-state index contributed by atoms with van der Waals surface area (Å²) < 4.78 is 21.9. The molecule has 222 valence electrons. The molecular formula is C31H38O10. The predicted octanol–water partition coefficient (Wildman–Crippen LogP) is 3.14. The molecule has 0 spiro atoms. The Balaban J connectivity index is 1.94. The number of fused-ring (bicyclic) bond motifs is 1. The van der Waals surface area contributed by atoms with Gasteiger partial charge < -0.3 is 24.1 Å². The van der Waals surface area contributed by atoms with Gasteiger partial charge in [0, 0.05) is 53.6 Å². The summed E-state index contributed by atoms with van der Waals surface area (Å²) in [5, 5.41) is 10.6. The van der Waals surface area contributed by atoms with Gasteiger partial charge in [0.25, 0.3) is 0 Å². The number of hydrogen-bond acceptors (Lipinski definition) is 10. The highest BCUT2D eigenvalue weighted by Gasteiger charge is 2.66. The largest absolute Gasteiger partial charge is 0.469 e. The van der Waals surface area contributed by atoms with Crippen LogP contribution in [0.1, 0.15) is 54.4 Å². The maximum atomic E-state index is 13.1. The number of aliphatic hydroxyl groups is 1. The zero-order chi connectivity index (χ0) is 30.7. The second-order valence-corrected chi connectivity index (χ2v) is 12.3. The fraction of sp³-hybridized carbons (Fsp3) is 0.581. The third-order valence-corrected chi connectivity index (χ3v) is 9.72. The summed E-state index contributed by atoms with van der Waals surface area (Å²) in [5.41, 5.74) is -1.44. The molecule has 0 amide bonds. The molecule has 4 rings (SSSR count). The Hall–Kier alpha value is -3.53. The van der Waals surface area contributed by atoms with Gasteiger partial charge in [0.15, 0.2) is 5.78 Å². The Labute approximate surface area is 239 Å². The smallest absolute Gasteiger partial charge is 0.333 e. The van der Waals surface area contributed by atoms with Crippen LogP contribution in [0, 0.1) is 34.0 Å². The summed E-state index contributed by atoms with van der Waals surface area (Å²) in [6.45, 7) is 14.2. The SMILES string of the molecule is C=C1C2=CC[C@H](C3=CC(=O)O[C@H]3O)[C@]2(C)[C@@H](OC(C)=O)[C@H](OC(C)=O)[C@@H]1[C@]1(C)C=CC(=O)C(C)(C)[C@@H]1CC(=O)OC. The number of cyclic esters (lactones) is 1. The van der Waals surface area contributed by atoms with Crippen LogP contribution in [-0.2, 0) is 42.9 Å². The average molecular weight is 571 g/mol. The highest BCUT2D eigenvalue weighted by molar-refractivity contribution is 5.96. The van der Waals surface area contributed by atoms with E-state index in [0.717, 1.165) is 5.57 Å². The van der Waals surface area contributed by atoms with Crippen molar-refractivity contribution in [1.29, 1.82) is 0 Å². The first kappa shape index (κ1) is 30.4. The van der Waals surface area contributed by atoms with Crippen LogP contribution in [0.3, 0.4) is 0 Å². The molecule has 1 heterocycles. The zero-order valence-electron chi connectivity index (χ0n) is 24.5. The Morgan fingerprint density at radius 3 is 2.27 bits per heavy atom. The van der Waals surface area contributed by atoms with Gasteiger partial charge in [-0.1, -0.05) is 46.4 Å². The Morgan fingerprint density at radius 1 is 1.10 bits per heavy atom. The van der Waals surface area contributed by atoms with Gasteiger partial charge in [0.1, 0.15) is 12.2 Å². The molecule has 0 unspecified atom stereocenters. The molecule has 0 aromatic heterocycles. The van der Waals surface area contributed by atoms with Crippen molar-refractivity contribution in [2.45, 2.75) is 72.9 Å². The number of carbonyl (C=O) groups is 5. The molecular weight excluding hydrogens is 532 g/mol. The van der Waals surface area contributed by atoms with E-state index in [2.05, 4.69) is 6.58 Å². The van der Waals surface area contributed by atoms with Crippen LogP contribution in [-0.4, -0.2) is 60.4 Å². The minimum absolute atomic E-state index is 0.0949. The number of carbonyl (C=O) groups excluding carboxylic acids is 5. The molecule has 10 heteroatoms. The third-order valence-electron chi connectivity index (χ3n) is 9.72. The molecule has 4 aliphatic rings. The van der Waals surface area contributed by atoms with E-state index in [1.165, 1.54) is 33.1 Å². The summed E-state index contributed by atoms with van der Waals surface area (Å²) in [6.07, 6.45) is 3.01. The molecule has 41 heavy (non-hydrogen) atoms. The van der Waals surface area contributed by atoms with Crippen molar-refractivity contribution in [3.63, 3.8) is 0 Å². The van der Waals surface area contributed by atoms with E-state index in [0.29, 0.717) is 17.6 Å². The molecule has 3 aliphatic carbocycles. The van der Waals surface area contributed by atoms with Gasteiger partial charge in [-0.3, -0.25) is 19.2 Å². The van der Waals surface area contributed by atoms with Crippen LogP contribution in [0.15, 0.2) is 47.6 Å². The van der Waals surface area contributed by atoms with Gasteiger partial charge in [-0.25, -0.2) is 4.79 Å². The van der Waals surface area contributed by atoms with Crippen molar-refractivity contribution >= 4 is 29.7 Å². The first-order chi connectivity index (χ1) is 19.0. The Bertz CT molecular complexity index is 1300. The zero-order valence-corrected chi connectivity index (χ0v) is 24.5. The highest BCUT2D eigenvalue weighted by Crippen LogP contribution is 2.65. The fourth-order valence-corrected chi connectivity index (χ4v) is 7.77. The number of allylic oxidation sites excluding steroid dienone is 3. The second kappa shape index (κ2) is 10.4. The van der Waals surface area contributed by atoms with E-state index in [1.54, 1.807) is 19.9 Å². The topological polar surface area (TPSA) is 142 Å². The molecule has 10 nitrogen and oxygen atoms in total. The van der Waals surface area contributed by atoms with E-state index < -0.39 is 76.4 Å². The summed E-state index contributed by atoms with van der Waals surface area (Å²) in [5.74, 6) is -4.48. The van der Waals surface area contributed by atoms with Gasteiger partial charge in [0.2, 0.25) is 6.29 Å². The summed E-state index contributed by atoms with van der Waals surface area (Å²) >= 11 is 0. The lowest BCUT2D eigenvalue weighted by Crippen LogP contribution is -2.62. The summed E-state index contributed by atoms with van der Waals surface area (Å²) in [7, 11) is 1.28. The molecule has 0 radical (unpaired) electrons. The molecule has 0 bridgehead atoms. The summed E-state index contributed by atoms with van der Waals surface area (Å²) in [4.78, 5) is 63.0. The highest BCUT2D eigenvalue weighted by atomic mass is 16.6. The van der Waals surface area contributed by atoms with Crippen molar-refractivity contribution in [2.24, 2.45) is 34.0 Å². The Kier molecular flexibility index (Phi) is 7.71. The third kappa shape index (κ3) is 4.75. The fourth-order valence-electron chi connectivity index (χ4n) is 7.77. The number of rotatable bonds is 6. The second-order valence-electron chi connectivity index (χ2n) is 12.3. The van der Waals surface area contributed by atoms with Crippen LogP contribution >= 0.6 is 0 Å². The van der Waals surface area contributed by atoms with E-state index >= 15 is 0 Å². The molecule has 1 fully saturated rings. The van der Waals surface area contributed by atoms with Gasteiger partial charge in [-0.2, -0.15) is 0 Å². The lowest BCUT2D eigenvalue weighted by Gasteiger charge is -2.58. The number of ether oxygens (including phenoxy) is 4. The van der Waals surface area contributed by atoms with Gasteiger partial charge >= 0.3 is 23.9 Å². The number of hydrogen-bond donors (Lipinski definition) is 1. The first-order valence-corrected chi connectivity index (χ1v) is 13.6. The molecule has 1 aliphatic heterocycles. The quantitative estimate of drug-likeness (QED) is 0.374. The standard InChI is InChI=1S/C31H38O10/c1-15-19-9-10-20(18-13-24(36)41-28(18)37)31(19,7)27(40-17(3)33)26(39-16(2)32)25(15)30(6)12-11-22(34)29(4,5)21(30)14-23(35)38-8/h9,11-13,20-21,25-28,37H,1,10,14H2,2-8H3/t20-,21+,25-,26-,27+,28-,30-,31-/m1/s1. The Morgan fingerprint density at radius 2 is 1.73 bits per heavy atom. The van der Waals surface area contributed by atoms with Gasteiger partial charge in [0.05, 0.1) is 13.5 Å². The lowest BCUT2D eigenvalue weighted by molar-refractivity contribution is -0.192. The van der Waals surface area contributed by atoms with Crippen molar-refractivity contribution in [1.82, 2.24) is 0 Å². The summed E-state index contributed by atoms with van der Waals surface area (Å²) in [6, 6.07) is 0. The molecule has 1 saturated carbocycles. The molecule has 1 N–H and O–H groups in total. The van der Waals surface area contributed by atoms with Crippen molar-refractivity contribution in [3.8, 4) is 0 Å². The number of esters is 4. The monoisotopic (exact) mass is 570 g/mol. The van der Waals surface area contributed by atoms with E-state index in [-0.39, 0.29) is 12.2 Å². The van der Waals surface area contributed by atoms with Crippen LogP contribution < -0.4 is 0 Å². The first-order valence-electron chi connectivity index (χ1n) is 13.6. The van der Waals surface area contributed by atoms with Gasteiger partial charge in [-0.05, 0) is 29.6 Å². The predicted molar refractivity (Wildman–Crippen MR) is 144 cm³/mol. The van der Waals surface area contributed by atoms with E-state index in [4.69, 9.17) is 18.9 Å². The molecule has 8 atom stereocenters. The molecule has 0 saturated heterocycles. The lowest BCUT2D eigenvalue weighted by atomic mass is 9.47. The van der Waals surface area contributed by atoms with Gasteiger partial charge in [-0.15, -0.1) is 0 Å². The minimum Gasteiger partial charge on any atom is -0.469 e. The number of aliphatic hydroxyl groups excluding tert-OH is 1. The molecule has 0 aromatic carbocycles. The van der Waals surface area contributed by atoms with Crippen LogP contribution in [0.5, 0.6) is 0 Å². The van der Waals surface area contributed by atoms with Crippen LogP contribution in [0.4, 0.5) is 0 Å². The van der Waals surface area contributed by atoms with E-state index in [9.17, 15) is 29.1 Å². The maximum Gasteiger partial charge on any atom is 0.333 e. The minimum atomic E-state index is -1.47. The van der Waals surface area contributed by atoms with E-state index in [1.807, 2.05) is 19.9 Å². The van der Waals surface area contributed by atoms with Crippen molar-refractivity contribution < 1.29 is 48.0 Å². The molecule has 0 aromatic rings.